The maximum Gasteiger partial charge on any atom is 0.222 e. The monoisotopic (exact) mass is 343 g/mol. The molecule has 0 bridgehead atoms. The van der Waals surface area contributed by atoms with E-state index < -0.39 is 0 Å². The van der Waals surface area contributed by atoms with Crippen LogP contribution in [0, 0.1) is 5.41 Å². The molecule has 2 atom stereocenters. The van der Waals surface area contributed by atoms with E-state index in [-0.39, 0.29) is 17.1 Å². The third kappa shape index (κ3) is 4.12. The summed E-state index contributed by atoms with van der Waals surface area (Å²) in [5.74, 6) is 0.320. The van der Waals surface area contributed by atoms with Crippen molar-refractivity contribution in [3.05, 3.63) is 35.9 Å². The van der Waals surface area contributed by atoms with Crippen molar-refractivity contribution in [3.63, 3.8) is 0 Å². The third-order valence-electron chi connectivity index (χ3n) is 5.96. The summed E-state index contributed by atoms with van der Waals surface area (Å²) in [7, 11) is 1.80. The van der Waals surface area contributed by atoms with E-state index in [1.165, 1.54) is 19.3 Å². The SMILES string of the molecule is CO[C@@H]1CCC[C@@]12CCCN(C(=O)CCCC(=O)c1ccccc1)C2. The first kappa shape index (κ1) is 18.1. The Morgan fingerprint density at radius 2 is 1.92 bits per heavy atom. The van der Waals surface area contributed by atoms with E-state index in [9.17, 15) is 9.59 Å². The zero-order valence-corrected chi connectivity index (χ0v) is 15.2. The average Bonchev–Trinajstić information content (AvgIpc) is 3.03. The summed E-state index contributed by atoms with van der Waals surface area (Å²) < 4.78 is 5.71. The Balaban J connectivity index is 1.49. The topological polar surface area (TPSA) is 46.6 Å². The van der Waals surface area contributed by atoms with Gasteiger partial charge in [-0.3, -0.25) is 9.59 Å². The van der Waals surface area contributed by atoms with Gasteiger partial charge in [-0.05, 0) is 32.1 Å². The second kappa shape index (κ2) is 8.13. The fraction of sp³-hybridized carbons (Fsp3) is 0.619. The summed E-state index contributed by atoms with van der Waals surface area (Å²) in [5.41, 5.74) is 0.906. The Bertz CT molecular complexity index is 600. The molecule has 3 rings (SSSR count). The number of nitrogens with zero attached hydrogens (tertiary/aromatic N) is 1. The number of amides is 1. The number of Topliss-reactive ketones (excluding diaryl/α,β-unsaturated/α-hetero) is 1. The highest BCUT2D eigenvalue weighted by Gasteiger charge is 2.46. The molecule has 2 aliphatic rings. The molecule has 1 aromatic carbocycles. The highest BCUT2D eigenvalue weighted by molar-refractivity contribution is 5.96. The molecule has 1 amide bonds. The number of piperidine rings is 1. The first-order valence-electron chi connectivity index (χ1n) is 9.53. The van der Waals surface area contributed by atoms with E-state index in [0.29, 0.717) is 25.4 Å². The predicted octanol–water partition coefficient (Wildman–Crippen LogP) is 3.85. The molecule has 1 saturated heterocycles. The van der Waals surface area contributed by atoms with Gasteiger partial charge in [0.1, 0.15) is 0 Å². The number of carbonyl (C=O) groups excluding carboxylic acids is 2. The minimum atomic E-state index is 0.124. The van der Waals surface area contributed by atoms with Crippen LogP contribution in [0.4, 0.5) is 0 Å². The number of ketones is 1. The molecule has 4 heteroatoms. The summed E-state index contributed by atoms with van der Waals surface area (Å²) in [6.45, 7) is 1.68. The quantitative estimate of drug-likeness (QED) is 0.737. The van der Waals surface area contributed by atoms with Gasteiger partial charge in [-0.1, -0.05) is 36.8 Å². The lowest BCUT2D eigenvalue weighted by Gasteiger charge is -2.43. The molecule has 0 radical (unpaired) electrons. The van der Waals surface area contributed by atoms with Crippen LogP contribution in [0.3, 0.4) is 0 Å². The van der Waals surface area contributed by atoms with Gasteiger partial charge in [0.15, 0.2) is 5.78 Å². The third-order valence-corrected chi connectivity index (χ3v) is 5.96. The fourth-order valence-electron chi connectivity index (χ4n) is 4.64. The standard InChI is InChI=1S/C21H29NO3/c1-25-19-11-6-13-21(19)14-7-15-22(16-21)20(24)12-5-10-18(23)17-8-3-2-4-9-17/h2-4,8-9,19H,5-7,10-16H2,1H3/t19-,21+/m1/s1. The van der Waals surface area contributed by atoms with Crippen LogP contribution in [-0.2, 0) is 9.53 Å². The van der Waals surface area contributed by atoms with Crippen molar-refractivity contribution in [2.45, 2.75) is 57.5 Å². The Morgan fingerprint density at radius 3 is 2.68 bits per heavy atom. The molecule has 1 aliphatic heterocycles. The van der Waals surface area contributed by atoms with Gasteiger partial charge in [-0.2, -0.15) is 0 Å². The number of hydrogen-bond donors (Lipinski definition) is 0. The molecular formula is C21H29NO3. The van der Waals surface area contributed by atoms with E-state index in [4.69, 9.17) is 4.74 Å². The first-order valence-corrected chi connectivity index (χ1v) is 9.53. The number of carbonyl (C=O) groups is 2. The van der Waals surface area contributed by atoms with Crippen molar-refractivity contribution in [2.24, 2.45) is 5.41 Å². The smallest absolute Gasteiger partial charge is 0.222 e. The van der Waals surface area contributed by atoms with E-state index in [1.54, 1.807) is 7.11 Å². The number of ether oxygens (including phenoxy) is 1. The Morgan fingerprint density at radius 1 is 1.16 bits per heavy atom. The average molecular weight is 343 g/mol. The minimum Gasteiger partial charge on any atom is -0.381 e. The molecule has 1 heterocycles. The number of hydrogen-bond acceptors (Lipinski definition) is 3. The maximum atomic E-state index is 12.6. The van der Waals surface area contributed by atoms with Crippen LogP contribution in [-0.4, -0.2) is 42.9 Å². The summed E-state index contributed by atoms with van der Waals surface area (Å²) in [6.07, 6.45) is 7.54. The highest BCUT2D eigenvalue weighted by atomic mass is 16.5. The van der Waals surface area contributed by atoms with Gasteiger partial charge < -0.3 is 9.64 Å². The van der Waals surface area contributed by atoms with Gasteiger partial charge in [0, 0.05) is 44.0 Å². The van der Waals surface area contributed by atoms with Crippen molar-refractivity contribution in [1.29, 1.82) is 0 Å². The summed E-state index contributed by atoms with van der Waals surface area (Å²) in [6, 6.07) is 9.33. The minimum absolute atomic E-state index is 0.124. The van der Waals surface area contributed by atoms with Gasteiger partial charge in [-0.25, -0.2) is 0 Å². The van der Waals surface area contributed by atoms with Crippen LogP contribution < -0.4 is 0 Å². The summed E-state index contributed by atoms with van der Waals surface area (Å²) >= 11 is 0. The van der Waals surface area contributed by atoms with Crippen molar-refractivity contribution in [2.75, 3.05) is 20.2 Å². The second-order valence-corrected chi connectivity index (χ2v) is 7.54. The number of methoxy groups -OCH3 is 1. The molecule has 25 heavy (non-hydrogen) atoms. The molecule has 0 unspecified atom stereocenters. The van der Waals surface area contributed by atoms with Crippen LogP contribution in [0.1, 0.15) is 61.7 Å². The van der Waals surface area contributed by atoms with Crippen LogP contribution in [0.5, 0.6) is 0 Å². The molecule has 2 fully saturated rings. The molecule has 0 aromatic heterocycles. The summed E-state index contributed by atoms with van der Waals surface area (Å²) in [5, 5.41) is 0. The van der Waals surface area contributed by atoms with Gasteiger partial charge in [0.05, 0.1) is 6.10 Å². The fourth-order valence-corrected chi connectivity index (χ4v) is 4.64. The molecule has 4 nitrogen and oxygen atoms in total. The van der Waals surface area contributed by atoms with Crippen LogP contribution in [0.25, 0.3) is 0 Å². The Labute approximate surface area is 150 Å². The lowest BCUT2D eigenvalue weighted by molar-refractivity contribution is -0.137. The van der Waals surface area contributed by atoms with Crippen molar-refractivity contribution in [1.82, 2.24) is 4.90 Å². The molecule has 1 aromatic rings. The predicted molar refractivity (Wildman–Crippen MR) is 97.5 cm³/mol. The van der Waals surface area contributed by atoms with Gasteiger partial charge >= 0.3 is 0 Å². The van der Waals surface area contributed by atoms with Crippen LogP contribution in [0.2, 0.25) is 0 Å². The number of likely N-dealkylation sites (tertiary alicyclic amines) is 1. The largest absolute Gasteiger partial charge is 0.381 e. The van der Waals surface area contributed by atoms with Crippen LogP contribution >= 0.6 is 0 Å². The normalized spacial score (nSPS) is 26.1. The molecule has 1 spiro atoms. The van der Waals surface area contributed by atoms with E-state index in [1.807, 2.05) is 35.2 Å². The van der Waals surface area contributed by atoms with E-state index in [2.05, 4.69) is 0 Å². The molecule has 1 saturated carbocycles. The van der Waals surface area contributed by atoms with E-state index >= 15 is 0 Å². The second-order valence-electron chi connectivity index (χ2n) is 7.54. The first-order chi connectivity index (χ1) is 12.1. The number of rotatable bonds is 6. The zero-order valence-electron chi connectivity index (χ0n) is 15.2. The lowest BCUT2D eigenvalue weighted by Crippen LogP contribution is -2.49. The van der Waals surface area contributed by atoms with Gasteiger partial charge in [0.2, 0.25) is 5.91 Å². The molecular weight excluding hydrogens is 314 g/mol. The van der Waals surface area contributed by atoms with Gasteiger partial charge in [-0.15, -0.1) is 0 Å². The summed E-state index contributed by atoms with van der Waals surface area (Å²) in [4.78, 5) is 26.8. The van der Waals surface area contributed by atoms with Crippen molar-refractivity contribution >= 4 is 11.7 Å². The van der Waals surface area contributed by atoms with Crippen molar-refractivity contribution < 1.29 is 14.3 Å². The molecule has 136 valence electrons. The molecule has 0 N–H and O–H groups in total. The van der Waals surface area contributed by atoms with Gasteiger partial charge in [0.25, 0.3) is 0 Å². The maximum absolute atomic E-state index is 12.6. The number of benzene rings is 1. The van der Waals surface area contributed by atoms with Crippen molar-refractivity contribution in [3.8, 4) is 0 Å². The lowest BCUT2D eigenvalue weighted by atomic mass is 9.76. The Hall–Kier alpha value is -1.68. The van der Waals surface area contributed by atoms with Crippen LogP contribution in [0.15, 0.2) is 30.3 Å². The molecule has 1 aliphatic carbocycles. The zero-order chi connectivity index (χ0) is 17.7. The Kier molecular flexibility index (Phi) is 5.89. The van der Waals surface area contributed by atoms with E-state index in [0.717, 1.165) is 31.5 Å². The highest BCUT2D eigenvalue weighted by Crippen LogP contribution is 2.46.